The van der Waals surface area contributed by atoms with Crippen LogP contribution >= 0.6 is 0 Å². The minimum atomic E-state index is -1.51. The molecule has 12 heteroatoms. The first kappa shape index (κ1) is 25.7. The summed E-state index contributed by atoms with van der Waals surface area (Å²) >= 11 is 0. The lowest BCUT2D eigenvalue weighted by molar-refractivity contribution is -0.277. The Balaban J connectivity index is 1.27. The quantitative estimate of drug-likeness (QED) is 0.176. The van der Waals surface area contributed by atoms with Crippen LogP contribution in [0, 0.1) is 13.8 Å². The molecule has 5 rings (SSSR count). The molecule has 4 aromatic rings. The maximum Gasteiger partial charge on any atom is 0.229 e. The predicted octanol–water partition coefficient (Wildman–Crippen LogP) is 1.06. The van der Waals surface area contributed by atoms with Gasteiger partial charge in [-0.2, -0.15) is 10.2 Å². The molecule has 0 radical (unpaired) electrons. The summed E-state index contributed by atoms with van der Waals surface area (Å²) in [6.07, 6.45) is -3.44. The number of rotatable bonds is 7. The van der Waals surface area contributed by atoms with Gasteiger partial charge in [-0.15, -0.1) is 0 Å². The van der Waals surface area contributed by atoms with Crippen molar-refractivity contribution in [2.75, 3.05) is 12.0 Å². The van der Waals surface area contributed by atoms with Gasteiger partial charge in [0.1, 0.15) is 36.0 Å². The molecule has 0 bridgehead atoms. The predicted molar refractivity (Wildman–Crippen MR) is 138 cm³/mol. The van der Waals surface area contributed by atoms with Crippen LogP contribution in [0.5, 0.6) is 5.75 Å². The average Bonchev–Trinajstić information content (AvgIpc) is 3.34. The Labute approximate surface area is 217 Å². The van der Waals surface area contributed by atoms with E-state index in [1.807, 2.05) is 31.2 Å². The number of anilines is 1. The first-order valence-corrected chi connectivity index (χ1v) is 12.0. The van der Waals surface area contributed by atoms with E-state index < -0.39 is 37.3 Å². The summed E-state index contributed by atoms with van der Waals surface area (Å²) in [5.41, 5.74) is 6.42. The zero-order valence-electron chi connectivity index (χ0n) is 20.7. The zero-order valence-corrected chi connectivity index (χ0v) is 20.7. The Bertz CT molecular complexity index is 1420. The highest BCUT2D eigenvalue weighted by atomic mass is 16.7. The van der Waals surface area contributed by atoms with E-state index in [0.717, 1.165) is 22.2 Å². The number of benzene rings is 2. The second kappa shape index (κ2) is 10.8. The van der Waals surface area contributed by atoms with Crippen molar-refractivity contribution in [3.05, 3.63) is 71.7 Å². The number of ether oxygens (including phenoxy) is 2. The molecule has 5 unspecified atom stereocenters. The Morgan fingerprint density at radius 2 is 1.74 bits per heavy atom. The summed E-state index contributed by atoms with van der Waals surface area (Å²) < 4.78 is 12.7. The largest absolute Gasteiger partial charge is 0.462 e. The lowest BCUT2D eigenvalue weighted by atomic mass is 9.99. The molecule has 1 aliphatic rings. The lowest BCUT2D eigenvalue weighted by Gasteiger charge is -2.39. The van der Waals surface area contributed by atoms with Gasteiger partial charge in [-0.25, -0.2) is 14.6 Å². The fourth-order valence-corrected chi connectivity index (χ4v) is 4.08. The number of aromatic nitrogens is 4. The van der Waals surface area contributed by atoms with Crippen LogP contribution < -0.4 is 10.2 Å². The van der Waals surface area contributed by atoms with E-state index in [-0.39, 0.29) is 0 Å². The fraction of sp³-hybridized carbons (Fsp3) is 0.308. The van der Waals surface area contributed by atoms with E-state index in [4.69, 9.17) is 9.47 Å². The fourth-order valence-electron chi connectivity index (χ4n) is 4.08. The smallest absolute Gasteiger partial charge is 0.229 e. The number of nitrogens with zero attached hydrogens (tertiary/aromatic N) is 5. The van der Waals surface area contributed by atoms with Crippen LogP contribution in [-0.2, 0) is 4.74 Å². The van der Waals surface area contributed by atoms with Crippen molar-refractivity contribution in [3.63, 3.8) is 0 Å². The molecule has 1 fully saturated rings. The summed E-state index contributed by atoms with van der Waals surface area (Å²) in [5.74, 6) is 1.44. The molecule has 0 spiro atoms. The van der Waals surface area contributed by atoms with Crippen molar-refractivity contribution in [1.82, 2.24) is 19.7 Å². The third-order valence-electron chi connectivity index (χ3n) is 6.18. The number of hydrogen-bond acceptors (Lipinski definition) is 11. The van der Waals surface area contributed by atoms with Crippen LogP contribution in [0.2, 0.25) is 0 Å². The third-order valence-corrected chi connectivity index (χ3v) is 6.18. The minimum Gasteiger partial charge on any atom is -0.462 e. The highest BCUT2D eigenvalue weighted by molar-refractivity contribution is 5.88. The van der Waals surface area contributed by atoms with E-state index in [1.54, 1.807) is 48.3 Å². The number of aliphatic hydroxyl groups excluding tert-OH is 4. The molecular weight excluding hydrogens is 492 g/mol. The van der Waals surface area contributed by atoms with Crippen LogP contribution in [0.15, 0.2) is 59.8 Å². The third kappa shape index (κ3) is 5.21. The van der Waals surface area contributed by atoms with E-state index in [9.17, 15) is 20.4 Å². The normalized spacial score (nSPS) is 23.7. The van der Waals surface area contributed by atoms with Crippen molar-refractivity contribution in [2.24, 2.45) is 5.10 Å². The summed E-state index contributed by atoms with van der Waals surface area (Å²) in [4.78, 5) is 9.02. The van der Waals surface area contributed by atoms with Gasteiger partial charge >= 0.3 is 0 Å². The number of hydrazone groups is 1. The summed E-state index contributed by atoms with van der Waals surface area (Å²) in [6.45, 7) is 3.30. The number of aryl methyl sites for hydroxylation is 2. The molecule has 12 nitrogen and oxygen atoms in total. The van der Waals surface area contributed by atoms with Crippen molar-refractivity contribution in [2.45, 2.75) is 44.6 Å². The topological polar surface area (TPSA) is 167 Å². The van der Waals surface area contributed by atoms with Crippen LogP contribution in [-0.4, -0.2) is 83.7 Å². The Morgan fingerprint density at radius 3 is 2.45 bits per heavy atom. The maximum atomic E-state index is 10.1. The number of hydrogen-bond donors (Lipinski definition) is 5. The van der Waals surface area contributed by atoms with Crippen molar-refractivity contribution in [3.8, 4) is 11.4 Å². The Morgan fingerprint density at radius 1 is 1.00 bits per heavy atom. The van der Waals surface area contributed by atoms with Gasteiger partial charge in [0, 0.05) is 0 Å². The van der Waals surface area contributed by atoms with Gasteiger partial charge in [0.15, 0.2) is 11.5 Å². The number of nitrogens with one attached hydrogen (secondary N) is 1. The van der Waals surface area contributed by atoms with Gasteiger partial charge in [0.05, 0.1) is 30.1 Å². The SMILES string of the molecule is Cc1ccc(-n2ncc3c(NN=Cc4ccc(OC5OC(CO)C(O)C(O)C5O)cc4)nc(C)nc32)cc1. The second-order valence-electron chi connectivity index (χ2n) is 9.00. The molecule has 0 amide bonds. The molecule has 0 aliphatic carbocycles. The zero-order chi connectivity index (χ0) is 26.8. The van der Waals surface area contributed by atoms with Crippen molar-refractivity contribution in [1.29, 1.82) is 0 Å². The molecule has 1 aliphatic heterocycles. The molecule has 2 aromatic carbocycles. The van der Waals surface area contributed by atoms with Gasteiger partial charge in [0.2, 0.25) is 6.29 Å². The van der Waals surface area contributed by atoms with Crippen molar-refractivity contribution < 1.29 is 29.9 Å². The number of fused-ring (bicyclic) bond motifs is 1. The van der Waals surface area contributed by atoms with E-state index >= 15 is 0 Å². The van der Waals surface area contributed by atoms with E-state index in [1.165, 1.54) is 0 Å². The first-order valence-electron chi connectivity index (χ1n) is 12.0. The molecule has 198 valence electrons. The molecule has 38 heavy (non-hydrogen) atoms. The van der Waals surface area contributed by atoms with Gasteiger partial charge < -0.3 is 29.9 Å². The molecule has 0 saturated carbocycles. The van der Waals surface area contributed by atoms with E-state index in [2.05, 4.69) is 25.6 Å². The Hall–Kier alpha value is -3.94. The van der Waals surface area contributed by atoms with Crippen LogP contribution in [0.25, 0.3) is 16.7 Å². The monoisotopic (exact) mass is 520 g/mol. The van der Waals surface area contributed by atoms with Gasteiger partial charge in [-0.1, -0.05) is 17.7 Å². The Kier molecular flexibility index (Phi) is 7.31. The van der Waals surface area contributed by atoms with Crippen LogP contribution in [0.4, 0.5) is 5.82 Å². The molecular formula is C26H28N6O6. The van der Waals surface area contributed by atoms with Gasteiger partial charge in [0.25, 0.3) is 0 Å². The number of aliphatic hydroxyl groups is 4. The standard InChI is InChI=1S/C26H28N6O6/c1-14-3-7-17(8-4-14)32-25-19(12-28-32)24(29-15(2)30-25)31-27-11-16-5-9-18(10-6-16)37-26-23(36)22(35)21(34)20(13-33)38-26/h3-12,20-23,26,33-36H,13H2,1-2H3,(H,29,30,31). The van der Waals surface area contributed by atoms with Gasteiger partial charge in [-0.3, -0.25) is 5.43 Å². The van der Waals surface area contributed by atoms with E-state index in [0.29, 0.717) is 23.0 Å². The summed E-state index contributed by atoms with van der Waals surface area (Å²) in [7, 11) is 0. The highest BCUT2D eigenvalue weighted by Crippen LogP contribution is 2.25. The molecule has 2 aromatic heterocycles. The van der Waals surface area contributed by atoms with Crippen molar-refractivity contribution >= 4 is 23.1 Å². The van der Waals surface area contributed by atoms with Gasteiger partial charge in [-0.05, 0) is 55.8 Å². The molecule has 1 saturated heterocycles. The molecule has 5 atom stereocenters. The van der Waals surface area contributed by atoms with Crippen LogP contribution in [0.1, 0.15) is 17.0 Å². The summed E-state index contributed by atoms with van der Waals surface area (Å²) in [5, 5.41) is 48.8. The first-order chi connectivity index (χ1) is 18.3. The lowest BCUT2D eigenvalue weighted by Crippen LogP contribution is -2.60. The molecule has 3 heterocycles. The highest BCUT2D eigenvalue weighted by Gasteiger charge is 2.44. The molecule has 5 N–H and O–H groups in total. The summed E-state index contributed by atoms with van der Waals surface area (Å²) in [6, 6.07) is 14.7. The average molecular weight is 521 g/mol. The maximum absolute atomic E-state index is 10.1. The van der Waals surface area contributed by atoms with Crippen LogP contribution in [0.3, 0.4) is 0 Å². The second-order valence-corrected chi connectivity index (χ2v) is 9.00. The minimum absolute atomic E-state index is 0.357.